The summed E-state index contributed by atoms with van der Waals surface area (Å²) in [6.45, 7) is 9.58. The van der Waals surface area contributed by atoms with Crippen LogP contribution in [-0.4, -0.2) is 33.0 Å². The summed E-state index contributed by atoms with van der Waals surface area (Å²) < 4.78 is 44.8. The minimum absolute atomic E-state index is 0. The molecule has 43 heavy (non-hydrogen) atoms. The molecule has 0 saturated heterocycles. The maximum absolute atomic E-state index is 14.9. The van der Waals surface area contributed by atoms with Gasteiger partial charge >= 0.3 is 0 Å². The Morgan fingerprint density at radius 3 is 2.28 bits per heavy atom. The van der Waals surface area contributed by atoms with Crippen LogP contribution in [0.2, 0.25) is 0 Å². The van der Waals surface area contributed by atoms with Crippen LogP contribution in [0.15, 0.2) is 65.6 Å². The number of hydrogen-bond acceptors (Lipinski definition) is 2. The summed E-state index contributed by atoms with van der Waals surface area (Å²) in [5.41, 5.74) is 6.05. The van der Waals surface area contributed by atoms with Crippen molar-refractivity contribution >= 4 is 15.7 Å². The minimum atomic E-state index is -3.89. The van der Waals surface area contributed by atoms with Gasteiger partial charge in [0.05, 0.1) is 30.7 Å². The second-order valence-corrected chi connectivity index (χ2v) is 15.7. The van der Waals surface area contributed by atoms with Crippen molar-refractivity contribution in [3.63, 3.8) is 0 Å². The first-order chi connectivity index (χ1) is 19.9. The van der Waals surface area contributed by atoms with E-state index >= 15 is 0 Å². The van der Waals surface area contributed by atoms with Gasteiger partial charge in [0.1, 0.15) is 12.4 Å². The van der Waals surface area contributed by atoms with Crippen molar-refractivity contribution in [3.05, 3.63) is 94.3 Å². The molecule has 3 aromatic carbocycles. The Morgan fingerprint density at radius 2 is 1.60 bits per heavy atom. The van der Waals surface area contributed by atoms with Crippen molar-refractivity contribution in [1.82, 2.24) is 0 Å². The molecule has 0 bridgehead atoms. The molecule has 0 amide bonds. The van der Waals surface area contributed by atoms with E-state index in [9.17, 15) is 12.8 Å². The van der Waals surface area contributed by atoms with Crippen LogP contribution in [0.25, 0.3) is 0 Å². The van der Waals surface area contributed by atoms with Gasteiger partial charge in [-0.2, -0.15) is 0 Å². The average molecular weight is 719 g/mol. The number of anilines is 1. The summed E-state index contributed by atoms with van der Waals surface area (Å²) in [7, 11) is -1.60. The van der Waals surface area contributed by atoms with E-state index in [0.29, 0.717) is 0 Å². The molecule has 5 rings (SSSR count). The van der Waals surface area contributed by atoms with Gasteiger partial charge < -0.3 is 28.5 Å². The molecule has 1 saturated carbocycles. The molecule has 1 fully saturated rings. The number of benzene rings is 3. The summed E-state index contributed by atoms with van der Waals surface area (Å²) in [5.74, 6) is 0.303. The maximum atomic E-state index is 14.9. The summed E-state index contributed by atoms with van der Waals surface area (Å²) >= 11 is 0. The Labute approximate surface area is 276 Å². The zero-order valence-corrected chi connectivity index (χ0v) is 29.2. The first-order valence-electron chi connectivity index (χ1n) is 15.8. The van der Waals surface area contributed by atoms with E-state index in [-0.39, 0.29) is 40.0 Å². The van der Waals surface area contributed by atoms with E-state index in [1.54, 1.807) is 18.2 Å². The standard InChI is InChI=1S/C36H48FN2O2S.HI/c1-36(2,3)32-16-12-28(13-17-32)20-22-39(4)23-21-30-25-33(18-15-31(30)26-39)42(40,41)38-35-19-14-29(24-34(35)37)11-7-10-27-8-5-6-9-27;/h12-19,24-25,27,38H,5-11,20-23,26H2,1-4H3;1H/q+1;/p-1. The predicted molar refractivity (Wildman–Crippen MR) is 171 cm³/mol. The monoisotopic (exact) mass is 718 g/mol. The molecule has 7 heteroatoms. The number of quaternary nitrogens is 1. The largest absolute Gasteiger partial charge is 1.00 e. The fraction of sp³-hybridized carbons (Fsp3) is 0.500. The summed E-state index contributed by atoms with van der Waals surface area (Å²) in [4.78, 5) is 0.191. The van der Waals surface area contributed by atoms with Gasteiger partial charge in [0.15, 0.2) is 0 Å². The molecule has 1 unspecified atom stereocenters. The van der Waals surface area contributed by atoms with E-state index in [1.165, 1.54) is 54.9 Å². The third-order valence-electron chi connectivity index (χ3n) is 9.55. The lowest BCUT2D eigenvalue weighted by atomic mass is 9.86. The number of fused-ring (bicyclic) bond motifs is 1. The number of nitrogens with zero attached hydrogens (tertiary/aromatic N) is 1. The lowest BCUT2D eigenvalue weighted by Gasteiger charge is -2.39. The zero-order valence-electron chi connectivity index (χ0n) is 26.3. The van der Waals surface area contributed by atoms with E-state index in [0.717, 1.165) is 66.8 Å². The molecular formula is C36H48FIN2O2S. The van der Waals surface area contributed by atoms with Crippen LogP contribution in [0.4, 0.5) is 10.1 Å². The zero-order chi connectivity index (χ0) is 30.0. The van der Waals surface area contributed by atoms with Crippen LogP contribution < -0.4 is 28.7 Å². The van der Waals surface area contributed by atoms with Crippen molar-refractivity contribution < 1.29 is 41.3 Å². The first kappa shape index (κ1) is 33.9. The van der Waals surface area contributed by atoms with Crippen LogP contribution in [0, 0.1) is 11.7 Å². The summed E-state index contributed by atoms with van der Waals surface area (Å²) in [6, 6.07) is 19.3. The van der Waals surface area contributed by atoms with Crippen LogP contribution in [0.1, 0.15) is 87.1 Å². The lowest BCUT2D eigenvalue weighted by Crippen LogP contribution is -3.00. The van der Waals surface area contributed by atoms with E-state index in [2.05, 4.69) is 56.8 Å². The number of rotatable bonds is 10. The number of nitrogens with one attached hydrogen (secondary N) is 1. The quantitative estimate of drug-likeness (QED) is 0.232. The van der Waals surface area contributed by atoms with Gasteiger partial charge in [0.25, 0.3) is 10.0 Å². The van der Waals surface area contributed by atoms with Crippen molar-refractivity contribution in [1.29, 1.82) is 0 Å². The molecule has 234 valence electrons. The highest BCUT2D eigenvalue weighted by molar-refractivity contribution is 7.92. The van der Waals surface area contributed by atoms with E-state index in [1.807, 2.05) is 12.1 Å². The number of hydrogen-bond donors (Lipinski definition) is 1. The molecule has 1 aliphatic heterocycles. The molecule has 1 atom stereocenters. The number of halogens is 2. The van der Waals surface area contributed by atoms with Gasteiger partial charge in [-0.15, -0.1) is 0 Å². The van der Waals surface area contributed by atoms with E-state index < -0.39 is 15.8 Å². The Balaban J connectivity index is 0.00000423. The second kappa shape index (κ2) is 14.0. The Bertz CT molecular complexity index is 1490. The number of sulfonamides is 1. The van der Waals surface area contributed by atoms with Gasteiger partial charge in [-0.05, 0) is 70.7 Å². The van der Waals surface area contributed by atoms with Crippen molar-refractivity contribution in [2.24, 2.45) is 5.92 Å². The van der Waals surface area contributed by atoms with Gasteiger partial charge in [-0.25, -0.2) is 12.8 Å². The van der Waals surface area contributed by atoms with Crippen molar-refractivity contribution in [2.75, 3.05) is 24.9 Å². The molecule has 1 heterocycles. The van der Waals surface area contributed by atoms with Crippen molar-refractivity contribution in [3.8, 4) is 0 Å². The molecule has 0 radical (unpaired) electrons. The fourth-order valence-electron chi connectivity index (χ4n) is 6.69. The number of aryl methyl sites for hydroxylation is 1. The predicted octanol–water partition coefficient (Wildman–Crippen LogP) is 5.19. The fourth-order valence-corrected chi connectivity index (χ4v) is 7.81. The van der Waals surface area contributed by atoms with Gasteiger partial charge in [-0.1, -0.05) is 89.3 Å². The van der Waals surface area contributed by atoms with Crippen LogP contribution in [0.5, 0.6) is 0 Å². The van der Waals surface area contributed by atoms with E-state index in [4.69, 9.17) is 0 Å². The van der Waals surface area contributed by atoms with Crippen LogP contribution in [0.3, 0.4) is 0 Å². The molecule has 4 nitrogen and oxygen atoms in total. The highest BCUT2D eigenvalue weighted by atomic mass is 127. The highest BCUT2D eigenvalue weighted by Crippen LogP contribution is 2.31. The highest BCUT2D eigenvalue weighted by Gasteiger charge is 2.30. The van der Waals surface area contributed by atoms with Gasteiger partial charge in [-0.3, -0.25) is 4.72 Å². The summed E-state index contributed by atoms with van der Waals surface area (Å²) in [5, 5.41) is 0. The third-order valence-corrected chi connectivity index (χ3v) is 10.9. The maximum Gasteiger partial charge on any atom is 0.261 e. The first-order valence-corrected chi connectivity index (χ1v) is 17.2. The molecular weight excluding hydrogens is 670 g/mol. The lowest BCUT2D eigenvalue weighted by molar-refractivity contribution is -0.924. The topological polar surface area (TPSA) is 46.2 Å². The molecule has 0 spiro atoms. The summed E-state index contributed by atoms with van der Waals surface area (Å²) in [6.07, 6.45) is 10.2. The SMILES string of the molecule is CC(C)(C)c1ccc(CC[N+]2(C)CCc3cc(S(=O)(=O)Nc4ccc(CCCC5CCCC5)cc4F)ccc3C2)cc1.[I-]. The number of likely N-dealkylation sites (N-methyl/N-ethyl adjacent to an activating group) is 1. The minimum Gasteiger partial charge on any atom is -1.00 e. The van der Waals surface area contributed by atoms with Crippen LogP contribution >= 0.6 is 0 Å². The average Bonchev–Trinajstić information content (AvgIpc) is 3.46. The molecule has 1 aliphatic carbocycles. The molecule has 3 aromatic rings. The molecule has 1 N–H and O–H groups in total. The normalized spacial score (nSPS) is 19.1. The Morgan fingerprint density at radius 1 is 0.907 bits per heavy atom. The Hall–Kier alpha value is -1.97. The smallest absolute Gasteiger partial charge is 0.261 e. The molecule has 2 aliphatic rings. The van der Waals surface area contributed by atoms with Gasteiger partial charge in [0, 0.05) is 18.4 Å². The van der Waals surface area contributed by atoms with Gasteiger partial charge in [0.2, 0.25) is 0 Å². The Kier molecular flexibility index (Phi) is 11.0. The van der Waals surface area contributed by atoms with Crippen molar-refractivity contribution in [2.45, 2.75) is 95.4 Å². The van der Waals surface area contributed by atoms with Crippen LogP contribution in [-0.2, 0) is 41.2 Å². The second-order valence-electron chi connectivity index (χ2n) is 14.1. The third kappa shape index (κ3) is 8.82. The molecule has 0 aromatic heterocycles.